The van der Waals surface area contributed by atoms with E-state index in [1.54, 1.807) is 30.3 Å². The molecule has 7 rings (SSSR count). The molecule has 206 valence electrons. The van der Waals surface area contributed by atoms with Crippen LogP contribution in [0.1, 0.15) is 23.6 Å². The van der Waals surface area contributed by atoms with Crippen molar-refractivity contribution in [3.05, 3.63) is 88.6 Å². The van der Waals surface area contributed by atoms with Gasteiger partial charge >= 0.3 is 0 Å². The number of amides is 4. The van der Waals surface area contributed by atoms with Crippen molar-refractivity contribution in [1.29, 1.82) is 0 Å². The largest absolute Gasteiger partial charge is 0.361 e. The fourth-order valence-electron chi connectivity index (χ4n) is 6.86. The Morgan fingerprint density at radius 3 is 2.56 bits per heavy atom. The molecule has 2 fully saturated rings. The number of aromatic amines is 1. The van der Waals surface area contributed by atoms with E-state index in [0.29, 0.717) is 34.1 Å². The number of carbonyl (C=O) groups excluding carboxylic acids is 4. The average molecular weight is 568 g/mol. The summed E-state index contributed by atoms with van der Waals surface area (Å²) in [6.07, 6.45) is 2.33. The van der Waals surface area contributed by atoms with Crippen molar-refractivity contribution in [3.8, 4) is 0 Å². The Bertz CT molecular complexity index is 1800. The standard InChI is InChI=1S/C31H26ClN5O4/c1-15-11-21-27(22(32)12-15)35-30(41)31(21)26-25(24(36-31)13-17-14-33-23-6-4-3-5-20(17)23)28(39)37(29(26)40)19-9-7-18(8-10-19)34-16(2)38/h3-12,14,24-26,33,36H,13H2,1-2H3,(H,34,38)(H,35,41)/t24-,25+,26-,31+/m0/s1. The van der Waals surface area contributed by atoms with Crippen LogP contribution in [0.15, 0.2) is 66.9 Å². The second kappa shape index (κ2) is 9.02. The van der Waals surface area contributed by atoms with Gasteiger partial charge in [0.05, 0.1) is 28.2 Å². The van der Waals surface area contributed by atoms with Gasteiger partial charge in [0.2, 0.25) is 23.6 Å². The summed E-state index contributed by atoms with van der Waals surface area (Å²) in [5.74, 6) is -3.25. The minimum atomic E-state index is -1.47. The topological polar surface area (TPSA) is 123 Å². The van der Waals surface area contributed by atoms with Gasteiger partial charge in [0.25, 0.3) is 0 Å². The summed E-state index contributed by atoms with van der Waals surface area (Å²) in [4.78, 5) is 58.3. The molecule has 41 heavy (non-hydrogen) atoms. The molecular weight excluding hydrogens is 542 g/mol. The van der Waals surface area contributed by atoms with Crippen LogP contribution in [0.2, 0.25) is 5.02 Å². The highest BCUT2D eigenvalue weighted by molar-refractivity contribution is 6.35. The predicted octanol–water partition coefficient (Wildman–Crippen LogP) is 4.26. The molecule has 4 aromatic rings. The number of anilines is 3. The van der Waals surface area contributed by atoms with Crippen LogP contribution in [-0.4, -0.2) is 34.7 Å². The molecule has 1 aromatic heterocycles. The van der Waals surface area contributed by atoms with Gasteiger partial charge in [0, 0.05) is 41.3 Å². The molecule has 0 saturated carbocycles. The molecule has 4 amide bonds. The lowest BCUT2D eigenvalue weighted by Gasteiger charge is -2.30. The molecule has 2 saturated heterocycles. The molecule has 3 aliphatic rings. The lowest BCUT2D eigenvalue weighted by atomic mass is 9.76. The second-order valence-corrected chi connectivity index (χ2v) is 11.4. The highest BCUT2D eigenvalue weighted by Gasteiger charge is 2.70. The maximum Gasteiger partial charge on any atom is 0.250 e. The number of carbonyl (C=O) groups is 4. The number of hydrogen-bond acceptors (Lipinski definition) is 5. The zero-order valence-electron chi connectivity index (χ0n) is 22.2. The number of aromatic nitrogens is 1. The Morgan fingerprint density at radius 2 is 1.80 bits per heavy atom. The van der Waals surface area contributed by atoms with Crippen molar-refractivity contribution in [2.45, 2.75) is 31.8 Å². The molecule has 3 aliphatic heterocycles. The third-order valence-electron chi connectivity index (χ3n) is 8.48. The van der Waals surface area contributed by atoms with Crippen LogP contribution in [-0.2, 0) is 31.1 Å². The molecule has 0 aliphatic carbocycles. The Balaban J connectivity index is 1.35. The van der Waals surface area contributed by atoms with Gasteiger partial charge in [-0.05, 0) is 60.9 Å². The van der Waals surface area contributed by atoms with Gasteiger partial charge in [-0.1, -0.05) is 35.9 Å². The van der Waals surface area contributed by atoms with E-state index < -0.39 is 35.2 Å². The zero-order valence-corrected chi connectivity index (χ0v) is 23.0. The molecular formula is C31H26ClN5O4. The molecule has 0 radical (unpaired) electrons. The number of aryl methyl sites for hydroxylation is 1. The van der Waals surface area contributed by atoms with Crippen molar-refractivity contribution in [1.82, 2.24) is 10.3 Å². The van der Waals surface area contributed by atoms with Crippen molar-refractivity contribution in [2.75, 3.05) is 15.5 Å². The van der Waals surface area contributed by atoms with E-state index in [4.69, 9.17) is 11.6 Å². The van der Waals surface area contributed by atoms with Crippen molar-refractivity contribution >= 4 is 63.2 Å². The van der Waals surface area contributed by atoms with E-state index in [2.05, 4.69) is 20.9 Å². The molecule has 3 aromatic carbocycles. The Kier molecular flexibility index (Phi) is 5.61. The van der Waals surface area contributed by atoms with Crippen LogP contribution < -0.4 is 20.9 Å². The number of para-hydroxylation sites is 1. The number of H-pyrrole nitrogens is 1. The summed E-state index contributed by atoms with van der Waals surface area (Å²) in [6.45, 7) is 3.28. The number of imide groups is 1. The quantitative estimate of drug-likeness (QED) is 0.274. The van der Waals surface area contributed by atoms with Gasteiger partial charge in [0.1, 0.15) is 5.54 Å². The molecule has 1 spiro atoms. The first kappa shape index (κ1) is 25.5. The van der Waals surface area contributed by atoms with Crippen molar-refractivity contribution < 1.29 is 19.2 Å². The van der Waals surface area contributed by atoms with Crippen LogP contribution >= 0.6 is 11.6 Å². The number of rotatable bonds is 4. The van der Waals surface area contributed by atoms with Gasteiger partial charge < -0.3 is 15.6 Å². The van der Waals surface area contributed by atoms with Crippen LogP contribution in [0.5, 0.6) is 0 Å². The van der Waals surface area contributed by atoms with Gasteiger partial charge in [-0.15, -0.1) is 0 Å². The smallest absolute Gasteiger partial charge is 0.250 e. The molecule has 4 heterocycles. The fourth-order valence-corrected chi connectivity index (χ4v) is 7.18. The maximum atomic E-state index is 14.3. The fraction of sp³-hybridized carbons (Fsp3) is 0.226. The van der Waals surface area contributed by atoms with Crippen LogP contribution in [0.3, 0.4) is 0 Å². The number of nitrogens with zero attached hydrogens (tertiary/aromatic N) is 1. The van der Waals surface area contributed by atoms with E-state index in [0.717, 1.165) is 22.0 Å². The molecule has 0 bridgehead atoms. The summed E-state index contributed by atoms with van der Waals surface area (Å²) in [5.41, 5.74) is 3.28. The first-order valence-corrected chi connectivity index (χ1v) is 13.8. The summed E-state index contributed by atoms with van der Waals surface area (Å²) in [5, 5.41) is 10.5. The van der Waals surface area contributed by atoms with Gasteiger partial charge in [-0.3, -0.25) is 24.5 Å². The summed E-state index contributed by atoms with van der Waals surface area (Å²) < 4.78 is 0. The van der Waals surface area contributed by atoms with Gasteiger partial charge in [-0.2, -0.15) is 0 Å². The Hall–Kier alpha value is -4.47. The minimum Gasteiger partial charge on any atom is -0.361 e. The monoisotopic (exact) mass is 567 g/mol. The van der Waals surface area contributed by atoms with E-state index in [9.17, 15) is 19.2 Å². The number of nitrogens with one attached hydrogen (secondary N) is 4. The lowest BCUT2D eigenvalue weighted by molar-refractivity contribution is -0.130. The van der Waals surface area contributed by atoms with Gasteiger partial charge in [0.15, 0.2) is 0 Å². The van der Waals surface area contributed by atoms with E-state index in [1.807, 2.05) is 43.5 Å². The highest BCUT2D eigenvalue weighted by atomic mass is 35.5. The van der Waals surface area contributed by atoms with Crippen molar-refractivity contribution in [3.63, 3.8) is 0 Å². The summed E-state index contributed by atoms with van der Waals surface area (Å²) in [7, 11) is 0. The normalized spacial score (nSPS) is 24.7. The molecule has 4 N–H and O–H groups in total. The van der Waals surface area contributed by atoms with E-state index in [1.165, 1.54) is 11.8 Å². The SMILES string of the molecule is CC(=O)Nc1ccc(N2C(=O)[C@@H]3[C@H](Cc4c[nH]c5ccccc45)N[C@@]4(C(=O)Nc5c(Cl)cc(C)cc54)[C@@H]3C2=O)cc1. The number of halogens is 1. The average Bonchev–Trinajstić information content (AvgIpc) is 3.64. The third kappa shape index (κ3) is 3.66. The zero-order chi connectivity index (χ0) is 28.6. The predicted molar refractivity (Wildman–Crippen MR) is 156 cm³/mol. The molecule has 0 unspecified atom stereocenters. The van der Waals surface area contributed by atoms with Crippen molar-refractivity contribution in [2.24, 2.45) is 11.8 Å². The minimum absolute atomic E-state index is 0.228. The number of hydrogen-bond donors (Lipinski definition) is 4. The Labute approximate surface area is 240 Å². The number of benzene rings is 3. The highest BCUT2D eigenvalue weighted by Crippen LogP contribution is 2.55. The third-order valence-corrected chi connectivity index (χ3v) is 8.78. The summed E-state index contributed by atoms with van der Waals surface area (Å²) in [6, 6.07) is 17.5. The van der Waals surface area contributed by atoms with Crippen LogP contribution in [0.4, 0.5) is 17.1 Å². The second-order valence-electron chi connectivity index (χ2n) is 11.0. The van der Waals surface area contributed by atoms with Crippen LogP contribution in [0, 0.1) is 18.8 Å². The number of fused-ring (bicyclic) bond motifs is 5. The van der Waals surface area contributed by atoms with Gasteiger partial charge in [-0.25, -0.2) is 4.90 Å². The first-order chi connectivity index (χ1) is 19.7. The maximum absolute atomic E-state index is 14.3. The summed E-state index contributed by atoms with van der Waals surface area (Å²) >= 11 is 6.56. The molecule has 9 nitrogen and oxygen atoms in total. The molecule has 4 atom stereocenters. The molecule has 10 heteroatoms. The Morgan fingerprint density at radius 1 is 1.05 bits per heavy atom. The van der Waals surface area contributed by atoms with Crippen LogP contribution in [0.25, 0.3) is 10.9 Å². The van der Waals surface area contributed by atoms with E-state index >= 15 is 0 Å². The lowest BCUT2D eigenvalue weighted by Crippen LogP contribution is -2.53. The van der Waals surface area contributed by atoms with E-state index in [-0.39, 0.29) is 11.8 Å². The first-order valence-electron chi connectivity index (χ1n) is 13.4.